The van der Waals surface area contributed by atoms with Gasteiger partial charge in [0, 0.05) is 19.0 Å². The van der Waals surface area contributed by atoms with Crippen LogP contribution in [0.5, 0.6) is 11.5 Å². The predicted molar refractivity (Wildman–Crippen MR) is 89.3 cm³/mol. The zero-order valence-corrected chi connectivity index (χ0v) is 14.7. The molecular weight excluding hydrogens is 294 g/mol. The quantitative estimate of drug-likeness (QED) is 0.830. The first-order valence-corrected chi connectivity index (χ1v) is 8.12. The van der Waals surface area contributed by atoms with Crippen LogP contribution in [0.1, 0.15) is 38.7 Å². The van der Waals surface area contributed by atoms with Gasteiger partial charge in [0.1, 0.15) is 0 Å². The zero-order chi connectivity index (χ0) is 17.0. The lowest BCUT2D eigenvalue weighted by atomic mass is 9.74. The molecule has 0 bridgehead atoms. The van der Waals surface area contributed by atoms with Crippen molar-refractivity contribution in [2.24, 2.45) is 5.41 Å². The minimum Gasteiger partial charge on any atom is -0.493 e. The summed E-state index contributed by atoms with van der Waals surface area (Å²) < 4.78 is 16.0. The molecular formula is C18H27NO4. The Hall–Kier alpha value is -1.91. The molecule has 128 valence electrons. The molecule has 2 rings (SSSR count). The highest BCUT2D eigenvalue weighted by atomic mass is 16.5. The van der Waals surface area contributed by atoms with E-state index in [0.29, 0.717) is 19.7 Å². The SMILES string of the molecule is CCOc1cc([C@@H]2CN(C(=O)OC)C[C@@]2(C)CC)ccc1OC. The Morgan fingerprint density at radius 2 is 2.04 bits per heavy atom. The van der Waals surface area contributed by atoms with E-state index in [1.807, 2.05) is 19.1 Å². The summed E-state index contributed by atoms with van der Waals surface area (Å²) in [4.78, 5) is 13.7. The third-order valence-electron chi connectivity index (χ3n) is 4.93. The van der Waals surface area contributed by atoms with Gasteiger partial charge in [-0.25, -0.2) is 4.79 Å². The van der Waals surface area contributed by atoms with Crippen LogP contribution in [0.15, 0.2) is 18.2 Å². The number of carbonyl (C=O) groups is 1. The van der Waals surface area contributed by atoms with Gasteiger partial charge in [0.05, 0.1) is 20.8 Å². The minimum absolute atomic E-state index is 0.0201. The number of benzene rings is 1. The molecule has 1 heterocycles. The van der Waals surface area contributed by atoms with Crippen LogP contribution < -0.4 is 9.47 Å². The molecule has 23 heavy (non-hydrogen) atoms. The number of nitrogens with zero attached hydrogens (tertiary/aromatic N) is 1. The van der Waals surface area contributed by atoms with E-state index in [9.17, 15) is 4.79 Å². The van der Waals surface area contributed by atoms with Crippen molar-refractivity contribution in [1.29, 1.82) is 0 Å². The molecule has 0 saturated carbocycles. The molecule has 0 radical (unpaired) electrons. The smallest absolute Gasteiger partial charge is 0.409 e. The van der Waals surface area contributed by atoms with Gasteiger partial charge in [-0.1, -0.05) is 19.9 Å². The molecule has 5 nitrogen and oxygen atoms in total. The molecule has 0 aliphatic carbocycles. The number of hydrogen-bond acceptors (Lipinski definition) is 4. The van der Waals surface area contributed by atoms with Crippen molar-refractivity contribution < 1.29 is 19.0 Å². The van der Waals surface area contributed by atoms with Crippen LogP contribution in [0.3, 0.4) is 0 Å². The van der Waals surface area contributed by atoms with Crippen molar-refractivity contribution in [2.75, 3.05) is 33.9 Å². The second-order valence-corrected chi connectivity index (χ2v) is 6.25. The van der Waals surface area contributed by atoms with E-state index in [4.69, 9.17) is 14.2 Å². The minimum atomic E-state index is -0.259. The Morgan fingerprint density at radius 1 is 1.30 bits per heavy atom. The number of amides is 1. The number of likely N-dealkylation sites (tertiary alicyclic amines) is 1. The highest BCUT2D eigenvalue weighted by Crippen LogP contribution is 2.46. The molecule has 2 atom stereocenters. The Morgan fingerprint density at radius 3 is 2.61 bits per heavy atom. The topological polar surface area (TPSA) is 48.0 Å². The van der Waals surface area contributed by atoms with Gasteiger partial charge in [0.25, 0.3) is 0 Å². The zero-order valence-electron chi connectivity index (χ0n) is 14.7. The maximum absolute atomic E-state index is 11.9. The molecule has 0 aromatic heterocycles. The van der Waals surface area contributed by atoms with Crippen molar-refractivity contribution >= 4 is 6.09 Å². The summed E-state index contributed by atoms with van der Waals surface area (Å²) in [5, 5.41) is 0. The van der Waals surface area contributed by atoms with Crippen molar-refractivity contribution in [2.45, 2.75) is 33.1 Å². The van der Waals surface area contributed by atoms with Crippen LogP contribution in [-0.4, -0.2) is 44.9 Å². The third-order valence-corrected chi connectivity index (χ3v) is 4.93. The molecule has 1 aliphatic heterocycles. The summed E-state index contributed by atoms with van der Waals surface area (Å²) in [6.07, 6.45) is 0.729. The molecule has 1 saturated heterocycles. The lowest BCUT2D eigenvalue weighted by molar-refractivity contribution is 0.128. The monoisotopic (exact) mass is 321 g/mol. The number of ether oxygens (including phenoxy) is 3. The molecule has 0 unspecified atom stereocenters. The van der Waals surface area contributed by atoms with E-state index in [2.05, 4.69) is 19.9 Å². The van der Waals surface area contributed by atoms with Gasteiger partial charge in [-0.3, -0.25) is 0 Å². The van der Waals surface area contributed by atoms with Gasteiger partial charge in [0.2, 0.25) is 0 Å². The van der Waals surface area contributed by atoms with Crippen molar-refractivity contribution in [1.82, 2.24) is 4.90 Å². The molecule has 1 amide bonds. The first-order valence-electron chi connectivity index (χ1n) is 8.12. The summed E-state index contributed by atoms with van der Waals surface area (Å²) in [6, 6.07) is 6.06. The standard InChI is InChI=1S/C18H27NO4/c1-6-18(3)12-19(17(20)22-5)11-14(18)13-8-9-15(21-4)16(10-13)23-7-2/h8-10,14H,6-7,11-12H2,1-5H3/t14-,18+/m0/s1. The average molecular weight is 321 g/mol. The summed E-state index contributed by atoms with van der Waals surface area (Å²) in [6.45, 7) is 8.30. The van der Waals surface area contributed by atoms with E-state index in [1.165, 1.54) is 12.7 Å². The summed E-state index contributed by atoms with van der Waals surface area (Å²) >= 11 is 0. The average Bonchev–Trinajstić information content (AvgIpc) is 2.93. The molecule has 5 heteroatoms. The Labute approximate surface area is 138 Å². The van der Waals surface area contributed by atoms with Crippen molar-refractivity contribution in [3.8, 4) is 11.5 Å². The van der Waals surface area contributed by atoms with Crippen LogP contribution in [0.25, 0.3) is 0 Å². The molecule has 1 aromatic carbocycles. The van der Waals surface area contributed by atoms with E-state index >= 15 is 0 Å². The van der Waals surface area contributed by atoms with Crippen molar-refractivity contribution in [3.05, 3.63) is 23.8 Å². The maximum atomic E-state index is 11.9. The normalized spacial score (nSPS) is 23.7. The Balaban J connectivity index is 2.35. The molecule has 1 aromatic rings. The van der Waals surface area contributed by atoms with Crippen LogP contribution in [0.4, 0.5) is 4.79 Å². The molecule has 1 fully saturated rings. The first-order chi connectivity index (χ1) is 11.0. The largest absolute Gasteiger partial charge is 0.493 e. The van der Waals surface area contributed by atoms with Crippen LogP contribution >= 0.6 is 0 Å². The molecule has 0 N–H and O–H groups in total. The summed E-state index contributed by atoms with van der Waals surface area (Å²) in [5.74, 6) is 1.73. The fourth-order valence-electron chi connectivity index (χ4n) is 3.36. The number of hydrogen-bond donors (Lipinski definition) is 0. The lowest BCUT2D eigenvalue weighted by Gasteiger charge is -2.29. The van der Waals surface area contributed by atoms with Crippen LogP contribution in [-0.2, 0) is 4.74 Å². The number of carbonyl (C=O) groups excluding carboxylic acids is 1. The lowest BCUT2D eigenvalue weighted by Crippen LogP contribution is -2.30. The number of rotatable bonds is 5. The fraction of sp³-hybridized carbons (Fsp3) is 0.611. The Kier molecular flexibility index (Phi) is 5.39. The second-order valence-electron chi connectivity index (χ2n) is 6.25. The van der Waals surface area contributed by atoms with Gasteiger partial charge >= 0.3 is 6.09 Å². The van der Waals surface area contributed by atoms with Gasteiger partial charge in [0.15, 0.2) is 11.5 Å². The fourth-order valence-corrected chi connectivity index (χ4v) is 3.36. The first kappa shape index (κ1) is 17.4. The third kappa shape index (κ3) is 3.38. The molecule has 1 aliphatic rings. The molecule has 0 spiro atoms. The van der Waals surface area contributed by atoms with Gasteiger partial charge in [-0.15, -0.1) is 0 Å². The van der Waals surface area contributed by atoms with Crippen LogP contribution in [0, 0.1) is 5.41 Å². The van der Waals surface area contributed by atoms with E-state index < -0.39 is 0 Å². The predicted octanol–water partition coefficient (Wildman–Crippen LogP) is 3.68. The van der Waals surface area contributed by atoms with Gasteiger partial charge < -0.3 is 19.1 Å². The van der Waals surface area contributed by atoms with E-state index in [1.54, 1.807) is 12.0 Å². The number of methoxy groups -OCH3 is 2. The highest BCUT2D eigenvalue weighted by Gasteiger charge is 2.44. The highest BCUT2D eigenvalue weighted by molar-refractivity contribution is 5.68. The summed E-state index contributed by atoms with van der Waals surface area (Å²) in [5.41, 5.74) is 1.19. The van der Waals surface area contributed by atoms with Crippen molar-refractivity contribution in [3.63, 3.8) is 0 Å². The van der Waals surface area contributed by atoms with Gasteiger partial charge in [-0.05, 0) is 36.5 Å². The summed E-state index contributed by atoms with van der Waals surface area (Å²) in [7, 11) is 3.07. The van der Waals surface area contributed by atoms with E-state index in [0.717, 1.165) is 17.9 Å². The Bertz CT molecular complexity index is 560. The van der Waals surface area contributed by atoms with Gasteiger partial charge in [-0.2, -0.15) is 0 Å². The second kappa shape index (κ2) is 7.11. The maximum Gasteiger partial charge on any atom is 0.409 e. The van der Waals surface area contributed by atoms with E-state index in [-0.39, 0.29) is 17.4 Å². The van der Waals surface area contributed by atoms with Crippen LogP contribution in [0.2, 0.25) is 0 Å².